The van der Waals surface area contributed by atoms with Crippen LogP contribution < -0.4 is 10.1 Å². The second-order valence-electron chi connectivity index (χ2n) is 4.03. The van der Waals surface area contributed by atoms with Gasteiger partial charge in [-0.2, -0.15) is 0 Å². The maximum atomic E-state index is 10.7. The molecule has 0 saturated heterocycles. The number of nitrogens with one attached hydrogen (secondary N) is 1. The van der Waals surface area contributed by atoms with Gasteiger partial charge < -0.3 is 10.1 Å². The lowest BCUT2D eigenvalue weighted by Crippen LogP contribution is -1.98. The number of rotatable bonds is 6. The average molecular weight is 294 g/mol. The Bertz CT molecular complexity index is 614. The first-order valence-corrected chi connectivity index (χ1v) is 6.86. The zero-order valence-corrected chi connectivity index (χ0v) is 11.9. The third-order valence-electron chi connectivity index (χ3n) is 2.53. The average Bonchev–Trinajstić information content (AvgIpc) is 2.86. The van der Waals surface area contributed by atoms with E-state index in [-0.39, 0.29) is 12.3 Å². The Kier molecular flexibility index (Phi) is 4.46. The van der Waals surface area contributed by atoms with E-state index in [4.69, 9.17) is 4.74 Å². The Morgan fingerprint density at radius 3 is 2.95 bits per heavy atom. The quantitative estimate of drug-likeness (QED) is 0.650. The molecule has 1 heterocycles. The summed E-state index contributed by atoms with van der Waals surface area (Å²) in [6, 6.07) is 4.54. The minimum Gasteiger partial charge on any atom is -0.486 e. The van der Waals surface area contributed by atoms with Crippen molar-refractivity contribution >= 4 is 22.2 Å². The normalized spacial score (nSPS) is 10.3. The van der Waals surface area contributed by atoms with Gasteiger partial charge in [0.15, 0.2) is 5.01 Å². The number of aryl methyl sites for hydroxylation is 1. The molecule has 0 spiro atoms. The Hall–Kier alpha value is -2.22. The Labute approximate surface area is 119 Å². The van der Waals surface area contributed by atoms with E-state index < -0.39 is 4.92 Å². The van der Waals surface area contributed by atoms with Crippen LogP contribution in [0, 0.1) is 17.0 Å². The van der Waals surface area contributed by atoms with E-state index in [1.165, 1.54) is 23.5 Å². The summed E-state index contributed by atoms with van der Waals surface area (Å²) >= 11 is 1.40. The zero-order chi connectivity index (χ0) is 14.5. The molecule has 0 amide bonds. The smallest absolute Gasteiger partial charge is 0.273 e. The second kappa shape index (κ2) is 6.29. The predicted molar refractivity (Wildman–Crippen MR) is 76.2 cm³/mol. The number of ether oxygens (including phenoxy) is 1. The SMILES string of the molecule is CCNc1nnc(COc2cc([N+](=O)[O-])ccc2C)s1. The van der Waals surface area contributed by atoms with Crippen LogP contribution in [0.25, 0.3) is 0 Å². The lowest BCUT2D eigenvalue weighted by molar-refractivity contribution is -0.385. The lowest BCUT2D eigenvalue weighted by Gasteiger charge is -2.06. The highest BCUT2D eigenvalue weighted by atomic mass is 32.1. The predicted octanol–water partition coefficient (Wildman–Crippen LogP) is 2.77. The fraction of sp³-hybridized carbons (Fsp3) is 0.333. The van der Waals surface area contributed by atoms with E-state index in [1.54, 1.807) is 6.07 Å². The fourth-order valence-electron chi connectivity index (χ4n) is 1.53. The van der Waals surface area contributed by atoms with Gasteiger partial charge in [-0.25, -0.2) is 0 Å². The molecule has 0 aliphatic heterocycles. The molecule has 2 aromatic rings. The van der Waals surface area contributed by atoms with Gasteiger partial charge in [0.2, 0.25) is 5.13 Å². The molecule has 0 radical (unpaired) electrons. The van der Waals surface area contributed by atoms with Crippen LogP contribution in [0.4, 0.5) is 10.8 Å². The molecule has 8 heteroatoms. The van der Waals surface area contributed by atoms with Crippen molar-refractivity contribution in [2.75, 3.05) is 11.9 Å². The molecule has 7 nitrogen and oxygen atoms in total. The van der Waals surface area contributed by atoms with Crippen molar-refractivity contribution < 1.29 is 9.66 Å². The second-order valence-corrected chi connectivity index (χ2v) is 5.09. The minimum atomic E-state index is -0.444. The van der Waals surface area contributed by atoms with Gasteiger partial charge in [-0.15, -0.1) is 10.2 Å². The van der Waals surface area contributed by atoms with Crippen molar-refractivity contribution in [3.8, 4) is 5.75 Å². The molecule has 1 N–H and O–H groups in total. The number of nitro benzene ring substituents is 1. The molecule has 106 valence electrons. The van der Waals surface area contributed by atoms with Crippen LogP contribution in [0.3, 0.4) is 0 Å². The monoisotopic (exact) mass is 294 g/mol. The van der Waals surface area contributed by atoms with Crippen LogP contribution in [0.5, 0.6) is 5.75 Å². The molecule has 0 aliphatic rings. The van der Waals surface area contributed by atoms with Gasteiger partial charge in [0.1, 0.15) is 12.4 Å². The summed E-state index contributed by atoms with van der Waals surface area (Å²) in [6.45, 7) is 4.83. The minimum absolute atomic E-state index is 0.0104. The molecule has 1 aromatic carbocycles. The van der Waals surface area contributed by atoms with Crippen LogP contribution in [0.1, 0.15) is 17.5 Å². The summed E-state index contributed by atoms with van der Waals surface area (Å²) < 4.78 is 5.58. The maximum absolute atomic E-state index is 10.7. The fourth-order valence-corrected chi connectivity index (χ4v) is 2.25. The molecule has 0 bridgehead atoms. The molecule has 2 rings (SSSR count). The number of benzene rings is 1. The molecule has 0 aliphatic carbocycles. The number of aromatic nitrogens is 2. The van der Waals surface area contributed by atoms with Crippen LogP contribution in [-0.4, -0.2) is 21.7 Å². The van der Waals surface area contributed by atoms with E-state index in [0.717, 1.165) is 17.2 Å². The molecule has 0 saturated carbocycles. The van der Waals surface area contributed by atoms with E-state index in [2.05, 4.69) is 15.5 Å². The molecule has 0 fully saturated rings. The molecule has 1 aromatic heterocycles. The topological polar surface area (TPSA) is 90.2 Å². The van der Waals surface area contributed by atoms with Crippen LogP contribution in [-0.2, 0) is 6.61 Å². The van der Waals surface area contributed by atoms with Crippen molar-refractivity contribution in [2.24, 2.45) is 0 Å². The Morgan fingerprint density at radius 1 is 1.45 bits per heavy atom. The summed E-state index contributed by atoms with van der Waals surface area (Å²) in [4.78, 5) is 10.3. The maximum Gasteiger partial charge on any atom is 0.273 e. The Balaban J connectivity index is 2.05. The van der Waals surface area contributed by atoms with E-state index in [9.17, 15) is 10.1 Å². The number of non-ortho nitro benzene ring substituents is 1. The largest absolute Gasteiger partial charge is 0.486 e. The highest BCUT2D eigenvalue weighted by molar-refractivity contribution is 7.15. The highest BCUT2D eigenvalue weighted by Crippen LogP contribution is 2.25. The van der Waals surface area contributed by atoms with E-state index >= 15 is 0 Å². The molecule has 0 atom stereocenters. The van der Waals surface area contributed by atoms with Crippen molar-refractivity contribution in [3.05, 3.63) is 38.9 Å². The summed E-state index contributed by atoms with van der Waals surface area (Å²) in [6.07, 6.45) is 0. The van der Waals surface area contributed by atoms with Gasteiger partial charge in [-0.05, 0) is 25.5 Å². The van der Waals surface area contributed by atoms with Gasteiger partial charge >= 0.3 is 0 Å². The molecular weight excluding hydrogens is 280 g/mol. The number of nitrogens with zero attached hydrogens (tertiary/aromatic N) is 3. The van der Waals surface area contributed by atoms with Gasteiger partial charge in [0.25, 0.3) is 5.69 Å². The number of nitro groups is 1. The first-order valence-electron chi connectivity index (χ1n) is 6.04. The summed E-state index contributed by atoms with van der Waals surface area (Å²) in [5, 5.41) is 23.2. The van der Waals surface area contributed by atoms with E-state index in [0.29, 0.717) is 10.8 Å². The van der Waals surface area contributed by atoms with Crippen molar-refractivity contribution in [2.45, 2.75) is 20.5 Å². The van der Waals surface area contributed by atoms with Crippen LogP contribution in [0.2, 0.25) is 0 Å². The molecule has 0 unspecified atom stereocenters. The third kappa shape index (κ3) is 3.41. The summed E-state index contributed by atoms with van der Waals surface area (Å²) in [5.74, 6) is 0.486. The van der Waals surface area contributed by atoms with E-state index in [1.807, 2.05) is 13.8 Å². The van der Waals surface area contributed by atoms with Gasteiger partial charge in [-0.3, -0.25) is 10.1 Å². The molecule has 20 heavy (non-hydrogen) atoms. The molecular formula is C12H14N4O3S. The van der Waals surface area contributed by atoms with Crippen LogP contribution >= 0.6 is 11.3 Å². The first-order chi connectivity index (χ1) is 9.60. The number of hydrogen-bond acceptors (Lipinski definition) is 7. The third-order valence-corrected chi connectivity index (χ3v) is 3.38. The number of anilines is 1. The van der Waals surface area contributed by atoms with Crippen molar-refractivity contribution in [1.82, 2.24) is 10.2 Å². The van der Waals surface area contributed by atoms with Gasteiger partial charge in [0.05, 0.1) is 11.0 Å². The van der Waals surface area contributed by atoms with Crippen molar-refractivity contribution in [3.63, 3.8) is 0 Å². The lowest BCUT2D eigenvalue weighted by atomic mass is 10.2. The number of hydrogen-bond donors (Lipinski definition) is 1. The van der Waals surface area contributed by atoms with Crippen molar-refractivity contribution in [1.29, 1.82) is 0 Å². The zero-order valence-electron chi connectivity index (χ0n) is 11.1. The standard InChI is InChI=1S/C12H14N4O3S/c1-3-13-12-15-14-11(20-12)7-19-10-6-9(16(17)18)5-4-8(10)2/h4-6H,3,7H2,1-2H3,(H,13,15). The summed E-state index contributed by atoms with van der Waals surface area (Å²) in [7, 11) is 0. The summed E-state index contributed by atoms with van der Waals surface area (Å²) in [5.41, 5.74) is 0.850. The Morgan fingerprint density at radius 2 is 2.25 bits per heavy atom. The van der Waals surface area contributed by atoms with Gasteiger partial charge in [-0.1, -0.05) is 11.3 Å². The van der Waals surface area contributed by atoms with Crippen LogP contribution in [0.15, 0.2) is 18.2 Å². The first kappa shape index (κ1) is 14.2. The highest BCUT2D eigenvalue weighted by Gasteiger charge is 2.11. The van der Waals surface area contributed by atoms with Gasteiger partial charge in [0, 0.05) is 12.6 Å².